The third-order valence-corrected chi connectivity index (χ3v) is 11.5. The van der Waals surface area contributed by atoms with Crippen LogP contribution in [0, 0.1) is 0 Å². The topological polar surface area (TPSA) is 125 Å². The number of rotatable bonds is 5. The fraction of sp³-hybridized carbons (Fsp3) is 0.967. The van der Waals surface area contributed by atoms with Crippen LogP contribution in [0.15, 0.2) is 0 Å². The molecule has 6 heterocycles. The average Bonchev–Trinajstić information content (AvgIpc) is 3.01. The molecule has 4 spiro atoms. The zero-order valence-electron chi connectivity index (χ0n) is 25.3. The third-order valence-electron chi connectivity index (χ3n) is 11.5. The minimum absolute atomic E-state index is 0.102. The van der Waals surface area contributed by atoms with E-state index in [0.717, 1.165) is 0 Å². The summed E-state index contributed by atoms with van der Waals surface area (Å²) in [6, 6.07) is -0.345. The van der Waals surface area contributed by atoms with Gasteiger partial charge in [0.2, 0.25) is 0 Å². The lowest BCUT2D eigenvalue weighted by Gasteiger charge is -2.59. The summed E-state index contributed by atoms with van der Waals surface area (Å²) in [6.07, 6.45) is 7.89. The molecule has 6 aliphatic rings. The zero-order chi connectivity index (χ0) is 29.3. The lowest BCUT2D eigenvalue weighted by Crippen LogP contribution is -2.71. The van der Waals surface area contributed by atoms with Gasteiger partial charge in [0, 0.05) is 78.6 Å². The van der Waals surface area contributed by atoms with Crippen LogP contribution in [0.4, 0.5) is 4.79 Å². The van der Waals surface area contributed by atoms with Crippen molar-refractivity contribution >= 4 is 6.03 Å². The van der Waals surface area contributed by atoms with Crippen molar-refractivity contribution in [1.29, 1.82) is 0 Å². The van der Waals surface area contributed by atoms with Crippen molar-refractivity contribution in [1.82, 2.24) is 20.3 Å². The van der Waals surface area contributed by atoms with Crippen LogP contribution in [-0.4, -0.2) is 128 Å². The van der Waals surface area contributed by atoms with Crippen molar-refractivity contribution < 1.29 is 38.9 Å². The largest absolute Gasteiger partial charge is 0.383 e. The summed E-state index contributed by atoms with van der Waals surface area (Å²) in [5, 5.41) is 34.4. The summed E-state index contributed by atoms with van der Waals surface area (Å²) in [7, 11) is 1.66. The Hall–Kier alpha value is -1.09. The van der Waals surface area contributed by atoms with Crippen molar-refractivity contribution in [3.63, 3.8) is 0 Å². The van der Waals surface area contributed by atoms with Gasteiger partial charge in [0.15, 0.2) is 0 Å². The van der Waals surface area contributed by atoms with Gasteiger partial charge >= 0.3 is 6.03 Å². The van der Waals surface area contributed by atoms with Crippen molar-refractivity contribution in [2.24, 2.45) is 0 Å². The van der Waals surface area contributed by atoms with Crippen LogP contribution in [0.5, 0.6) is 0 Å². The highest BCUT2D eigenvalue weighted by molar-refractivity contribution is 5.75. The Kier molecular flexibility index (Phi) is 9.37. The molecule has 0 atom stereocenters. The van der Waals surface area contributed by atoms with Crippen LogP contribution in [-0.2, 0) is 34.1 Å². The number of carbonyl (C=O) groups is 1. The quantitative estimate of drug-likeness (QED) is 0.515. The number of methoxy groups -OCH3 is 1. The molecule has 1 N–H and O–H groups in total. The highest BCUT2D eigenvalue weighted by Crippen LogP contribution is 2.50. The number of hydroxylamine groups is 4. The molecule has 0 unspecified atom stereocenters. The molecule has 2 amide bonds. The first-order valence-electron chi connectivity index (χ1n) is 16.2. The summed E-state index contributed by atoms with van der Waals surface area (Å²) in [4.78, 5) is 16.3. The summed E-state index contributed by atoms with van der Waals surface area (Å²) in [5.74, 6) is 0. The minimum atomic E-state index is -0.545. The molecule has 0 aromatic carbocycles. The lowest BCUT2D eigenvalue weighted by atomic mass is 9.69. The average molecular weight is 595 g/mol. The second-order valence-electron chi connectivity index (χ2n) is 13.7. The van der Waals surface area contributed by atoms with Crippen LogP contribution in [0.25, 0.3) is 0 Å². The predicted octanol–water partition coefficient (Wildman–Crippen LogP) is 2.46. The maximum absolute atomic E-state index is 14.3. The fourth-order valence-electron chi connectivity index (χ4n) is 9.13. The van der Waals surface area contributed by atoms with Crippen molar-refractivity contribution in [3.8, 4) is 0 Å². The van der Waals surface area contributed by atoms with E-state index in [1.54, 1.807) is 7.11 Å². The van der Waals surface area contributed by atoms with E-state index in [9.17, 15) is 15.2 Å². The van der Waals surface area contributed by atoms with Crippen molar-refractivity contribution in [2.75, 3.05) is 73.1 Å². The Morgan fingerprint density at radius 3 is 1.40 bits per heavy atom. The molecule has 238 valence electrons. The molecule has 12 heteroatoms. The number of urea groups is 1. The van der Waals surface area contributed by atoms with E-state index in [0.29, 0.717) is 143 Å². The molecule has 0 aromatic heterocycles. The first-order valence-corrected chi connectivity index (χ1v) is 16.2. The van der Waals surface area contributed by atoms with Gasteiger partial charge in [0.05, 0.1) is 28.8 Å². The first-order chi connectivity index (χ1) is 20.4. The Bertz CT molecular complexity index is 859. The van der Waals surface area contributed by atoms with Crippen LogP contribution < -0.4 is 5.32 Å². The SMILES string of the molecule is COCCN(C(=O)NC1CC2(CCOCC2)N([O])C2(CCOCC2)C1)C1CC2(CCOCC2)N([O])C2(CCOCC2)C1. The molecule has 6 fully saturated rings. The Labute approximate surface area is 249 Å². The van der Waals surface area contributed by atoms with Crippen molar-refractivity contribution in [3.05, 3.63) is 0 Å². The molecular formula is C30H50N4O8. The van der Waals surface area contributed by atoms with Gasteiger partial charge < -0.3 is 33.9 Å². The number of amides is 2. The number of ether oxygens (including phenoxy) is 5. The van der Waals surface area contributed by atoms with Gasteiger partial charge in [-0.1, -0.05) is 0 Å². The Morgan fingerprint density at radius 2 is 1.05 bits per heavy atom. The normalized spacial score (nSPS) is 32.7. The second-order valence-corrected chi connectivity index (χ2v) is 13.7. The molecule has 42 heavy (non-hydrogen) atoms. The van der Waals surface area contributed by atoms with Gasteiger partial charge in [0.25, 0.3) is 0 Å². The lowest BCUT2D eigenvalue weighted by molar-refractivity contribution is -0.333. The van der Waals surface area contributed by atoms with Crippen LogP contribution >= 0.6 is 0 Å². The molecule has 0 aliphatic carbocycles. The Morgan fingerprint density at radius 1 is 0.690 bits per heavy atom. The smallest absolute Gasteiger partial charge is 0.317 e. The number of hydrogen-bond acceptors (Lipinski definition) is 8. The van der Waals surface area contributed by atoms with Gasteiger partial charge in [-0.2, -0.15) is 0 Å². The molecule has 0 bridgehead atoms. The van der Waals surface area contributed by atoms with E-state index >= 15 is 0 Å². The summed E-state index contributed by atoms with van der Waals surface area (Å²) in [5.41, 5.74) is -2.16. The fourth-order valence-corrected chi connectivity index (χ4v) is 9.13. The first kappa shape index (κ1) is 30.9. The predicted molar refractivity (Wildman–Crippen MR) is 149 cm³/mol. The number of nitrogens with zero attached hydrogens (tertiary/aromatic N) is 3. The van der Waals surface area contributed by atoms with E-state index < -0.39 is 22.2 Å². The van der Waals surface area contributed by atoms with E-state index in [1.807, 2.05) is 4.90 Å². The summed E-state index contributed by atoms with van der Waals surface area (Å²) < 4.78 is 28.2. The van der Waals surface area contributed by atoms with Gasteiger partial charge in [-0.05, 0) is 77.0 Å². The highest BCUT2D eigenvalue weighted by atomic mass is 16.5. The summed E-state index contributed by atoms with van der Waals surface area (Å²) in [6.45, 7) is 5.38. The molecule has 12 nitrogen and oxygen atoms in total. The van der Waals surface area contributed by atoms with E-state index in [2.05, 4.69) is 5.32 Å². The maximum atomic E-state index is 14.3. The van der Waals surface area contributed by atoms with Crippen LogP contribution in [0.1, 0.15) is 77.0 Å². The third kappa shape index (κ3) is 5.72. The molecule has 6 aliphatic heterocycles. The second kappa shape index (κ2) is 12.7. The monoisotopic (exact) mass is 594 g/mol. The van der Waals surface area contributed by atoms with Crippen molar-refractivity contribution in [2.45, 2.75) is 111 Å². The van der Waals surface area contributed by atoms with E-state index in [4.69, 9.17) is 23.7 Å². The van der Waals surface area contributed by atoms with E-state index in [-0.39, 0.29) is 18.1 Å². The van der Waals surface area contributed by atoms with Gasteiger partial charge in [0.1, 0.15) is 0 Å². The standard InChI is InChI=1S/C30H50N4O8/c1-38-19-10-32(25-22-29(6-15-41-16-7-29)34(37)30(23-25)8-17-42-18-9-30)26(35)31-24-20-27(2-11-39-12-3-27)33(36)28(21-24)4-13-40-14-5-28/h24-25H,2-23H2,1H3,(H,31,35). The molecule has 6 saturated heterocycles. The number of piperidine rings is 2. The molecule has 0 saturated carbocycles. The zero-order valence-corrected chi connectivity index (χ0v) is 25.3. The molecule has 6 rings (SSSR count). The number of nitrogens with one attached hydrogen (secondary N) is 1. The highest BCUT2D eigenvalue weighted by Gasteiger charge is 2.59. The van der Waals surface area contributed by atoms with Gasteiger partial charge in [-0.15, -0.1) is 20.5 Å². The van der Waals surface area contributed by atoms with Crippen LogP contribution in [0.2, 0.25) is 0 Å². The van der Waals surface area contributed by atoms with Gasteiger partial charge in [-0.25, -0.2) is 4.79 Å². The van der Waals surface area contributed by atoms with Gasteiger partial charge in [-0.3, -0.25) is 0 Å². The molecule has 0 aromatic rings. The number of hydrogen-bond donors (Lipinski definition) is 1. The number of carbonyl (C=O) groups excluding carboxylic acids is 1. The van der Waals surface area contributed by atoms with Crippen LogP contribution in [0.3, 0.4) is 0 Å². The molecule has 2 radical (unpaired) electrons. The maximum Gasteiger partial charge on any atom is 0.317 e. The minimum Gasteiger partial charge on any atom is -0.383 e. The summed E-state index contributed by atoms with van der Waals surface area (Å²) >= 11 is 0. The Balaban J connectivity index is 1.25. The van der Waals surface area contributed by atoms with E-state index in [1.165, 1.54) is 10.1 Å². The molecular weight excluding hydrogens is 544 g/mol.